The molecule has 6 rings (SSSR count). The molecule has 1 aliphatic carbocycles. The first-order valence-corrected chi connectivity index (χ1v) is 13.7. The van der Waals surface area contributed by atoms with E-state index in [-0.39, 0.29) is 11.8 Å². The standard InChI is InChI=1S/C29H27NO5S/c1-28(2)24(25(31)35-23(20-14-8-4-9-15-20)21-16-10-5-11-17-21)30-26(32)29(27(30)36(28,33)34)18-22(29)19-12-6-3-7-13-19/h3-17,22-24,27H,18H2,1-2H3/t22-,24-,27+,29-/m0/s1. The van der Waals surface area contributed by atoms with Crippen LogP contribution in [-0.4, -0.2) is 41.4 Å². The molecule has 0 unspecified atom stereocenters. The molecule has 0 N–H and O–H groups in total. The zero-order valence-corrected chi connectivity index (χ0v) is 20.9. The molecule has 0 aromatic heterocycles. The number of β-lactam (4-membered cyclic amide) rings is 1. The Morgan fingerprint density at radius 2 is 1.39 bits per heavy atom. The maximum Gasteiger partial charge on any atom is 0.331 e. The predicted octanol–water partition coefficient (Wildman–Crippen LogP) is 4.24. The van der Waals surface area contributed by atoms with E-state index < -0.39 is 43.5 Å². The summed E-state index contributed by atoms with van der Waals surface area (Å²) in [6.45, 7) is 3.07. The predicted molar refractivity (Wildman–Crippen MR) is 134 cm³/mol. The number of benzene rings is 3. The summed E-state index contributed by atoms with van der Waals surface area (Å²) in [5.41, 5.74) is 1.51. The summed E-state index contributed by atoms with van der Waals surface area (Å²) in [6, 6.07) is 27.0. The first kappa shape index (κ1) is 23.0. The smallest absolute Gasteiger partial charge is 0.331 e. The molecule has 0 radical (unpaired) electrons. The van der Waals surface area contributed by atoms with Gasteiger partial charge in [-0.15, -0.1) is 0 Å². The largest absolute Gasteiger partial charge is 0.451 e. The summed E-state index contributed by atoms with van der Waals surface area (Å²) < 4.78 is 32.1. The number of carbonyl (C=O) groups is 2. The van der Waals surface area contributed by atoms with E-state index >= 15 is 0 Å². The Balaban J connectivity index is 1.34. The molecule has 0 bridgehead atoms. The zero-order valence-electron chi connectivity index (χ0n) is 20.1. The van der Waals surface area contributed by atoms with Gasteiger partial charge in [-0.25, -0.2) is 13.2 Å². The lowest BCUT2D eigenvalue weighted by molar-refractivity contribution is -0.171. The van der Waals surface area contributed by atoms with Gasteiger partial charge >= 0.3 is 5.97 Å². The van der Waals surface area contributed by atoms with Crippen molar-refractivity contribution < 1.29 is 22.7 Å². The van der Waals surface area contributed by atoms with Crippen LogP contribution in [0.2, 0.25) is 0 Å². The lowest BCUT2D eigenvalue weighted by Gasteiger charge is -2.44. The van der Waals surface area contributed by atoms with E-state index in [0.717, 1.165) is 16.7 Å². The Morgan fingerprint density at radius 3 is 1.92 bits per heavy atom. The van der Waals surface area contributed by atoms with Gasteiger partial charge in [0.25, 0.3) is 0 Å². The molecule has 4 atom stereocenters. The van der Waals surface area contributed by atoms with Crippen molar-refractivity contribution in [1.82, 2.24) is 4.90 Å². The Morgan fingerprint density at radius 1 is 0.889 bits per heavy atom. The van der Waals surface area contributed by atoms with E-state index in [0.29, 0.717) is 6.42 Å². The molecule has 2 heterocycles. The molecular weight excluding hydrogens is 474 g/mol. The summed E-state index contributed by atoms with van der Waals surface area (Å²) >= 11 is 0. The Kier molecular flexibility index (Phi) is 4.96. The number of esters is 1. The third-order valence-electron chi connectivity index (χ3n) is 8.16. The van der Waals surface area contributed by atoms with Gasteiger partial charge < -0.3 is 9.64 Å². The van der Waals surface area contributed by atoms with Crippen LogP contribution in [-0.2, 0) is 24.2 Å². The van der Waals surface area contributed by atoms with E-state index in [2.05, 4.69) is 0 Å². The molecule has 184 valence electrons. The van der Waals surface area contributed by atoms with Crippen LogP contribution in [0.1, 0.15) is 49.0 Å². The number of nitrogens with zero attached hydrogens (tertiary/aromatic N) is 1. The molecule has 36 heavy (non-hydrogen) atoms. The van der Waals surface area contributed by atoms with Crippen molar-refractivity contribution in [3.63, 3.8) is 0 Å². The van der Waals surface area contributed by atoms with Crippen molar-refractivity contribution in [3.8, 4) is 0 Å². The third-order valence-corrected chi connectivity index (χ3v) is 11.1. The van der Waals surface area contributed by atoms with Gasteiger partial charge in [-0.05, 0) is 37.0 Å². The maximum atomic E-state index is 13.8. The number of sulfone groups is 1. The number of rotatable bonds is 5. The van der Waals surface area contributed by atoms with Gasteiger partial charge in [-0.2, -0.15) is 0 Å². The number of fused-ring (bicyclic) bond motifs is 2. The normalized spacial score (nSPS) is 29.0. The van der Waals surface area contributed by atoms with Crippen molar-refractivity contribution in [2.24, 2.45) is 5.41 Å². The molecule has 2 saturated heterocycles. The first-order valence-electron chi connectivity index (χ1n) is 12.1. The van der Waals surface area contributed by atoms with Gasteiger partial charge in [-0.1, -0.05) is 91.0 Å². The van der Waals surface area contributed by atoms with Crippen LogP contribution in [0.4, 0.5) is 0 Å². The molecule has 6 nitrogen and oxygen atoms in total. The minimum Gasteiger partial charge on any atom is -0.451 e. The highest BCUT2D eigenvalue weighted by Crippen LogP contribution is 2.73. The number of carbonyl (C=O) groups excluding carboxylic acids is 2. The average Bonchev–Trinajstić information content (AvgIpc) is 3.63. The van der Waals surface area contributed by atoms with E-state index in [1.165, 1.54) is 18.7 Å². The third kappa shape index (κ3) is 2.98. The highest BCUT2D eigenvalue weighted by Gasteiger charge is 2.85. The molecule has 7 heteroatoms. The second-order valence-electron chi connectivity index (χ2n) is 10.5. The van der Waals surface area contributed by atoms with Crippen LogP contribution in [0.15, 0.2) is 91.0 Å². The van der Waals surface area contributed by atoms with Crippen LogP contribution in [0, 0.1) is 5.41 Å². The van der Waals surface area contributed by atoms with E-state index in [1.807, 2.05) is 91.0 Å². The second-order valence-corrected chi connectivity index (χ2v) is 13.1. The fraction of sp³-hybridized carbons (Fsp3) is 0.310. The summed E-state index contributed by atoms with van der Waals surface area (Å²) in [6.07, 6.45) is -0.245. The van der Waals surface area contributed by atoms with E-state index in [4.69, 9.17) is 4.74 Å². The lowest BCUT2D eigenvalue weighted by Crippen LogP contribution is -2.65. The lowest BCUT2D eigenvalue weighted by atomic mass is 9.85. The van der Waals surface area contributed by atoms with Crippen LogP contribution in [0.25, 0.3) is 0 Å². The van der Waals surface area contributed by atoms with Crippen LogP contribution >= 0.6 is 0 Å². The molecule has 3 aromatic carbocycles. The fourth-order valence-electron chi connectivity index (χ4n) is 6.14. The Bertz CT molecular complexity index is 1400. The van der Waals surface area contributed by atoms with Gasteiger partial charge in [0.2, 0.25) is 5.91 Å². The quantitative estimate of drug-likeness (QED) is 0.386. The van der Waals surface area contributed by atoms with Crippen LogP contribution in [0.3, 0.4) is 0 Å². The van der Waals surface area contributed by atoms with Crippen molar-refractivity contribution in [3.05, 3.63) is 108 Å². The Labute approximate surface area is 210 Å². The number of hydrogen-bond acceptors (Lipinski definition) is 5. The molecule has 3 aliphatic rings. The highest BCUT2D eigenvalue weighted by molar-refractivity contribution is 7.94. The zero-order chi connectivity index (χ0) is 25.3. The SMILES string of the molecule is CC1(C)[C@H](C(=O)OC(c2ccccc2)c2ccccc2)N2C(=O)[C@@]3(C[C@H]3c3ccccc3)[C@H]2S1(=O)=O. The topological polar surface area (TPSA) is 80.8 Å². The van der Waals surface area contributed by atoms with E-state index in [1.54, 1.807) is 0 Å². The molecule has 3 fully saturated rings. The van der Waals surface area contributed by atoms with Gasteiger partial charge in [0, 0.05) is 5.92 Å². The average molecular weight is 502 g/mol. The summed E-state index contributed by atoms with van der Waals surface area (Å²) in [5.74, 6) is -1.13. The monoisotopic (exact) mass is 501 g/mol. The van der Waals surface area contributed by atoms with Crippen molar-refractivity contribution in [1.29, 1.82) is 0 Å². The van der Waals surface area contributed by atoms with Crippen LogP contribution in [0.5, 0.6) is 0 Å². The number of amides is 1. The van der Waals surface area contributed by atoms with Gasteiger partial charge in [0.05, 0.1) is 10.2 Å². The van der Waals surface area contributed by atoms with Gasteiger partial charge in [0.15, 0.2) is 21.3 Å². The van der Waals surface area contributed by atoms with Crippen LogP contribution < -0.4 is 0 Å². The molecule has 2 aliphatic heterocycles. The minimum atomic E-state index is -3.84. The summed E-state index contributed by atoms with van der Waals surface area (Å²) in [4.78, 5) is 28.6. The first-order chi connectivity index (χ1) is 17.2. The summed E-state index contributed by atoms with van der Waals surface area (Å²) in [7, 11) is -3.84. The molecule has 3 aromatic rings. The van der Waals surface area contributed by atoms with Crippen molar-refractivity contribution >= 4 is 21.7 Å². The summed E-state index contributed by atoms with van der Waals surface area (Å²) in [5, 5.41) is -1.01. The number of hydrogen-bond donors (Lipinski definition) is 0. The molecule has 1 amide bonds. The van der Waals surface area contributed by atoms with Crippen molar-refractivity contribution in [2.75, 3.05) is 0 Å². The second kappa shape index (κ2) is 7.77. The highest BCUT2D eigenvalue weighted by atomic mass is 32.2. The minimum absolute atomic E-state index is 0.158. The Hall–Kier alpha value is -3.45. The molecule has 1 saturated carbocycles. The molecular formula is C29H27NO5S. The number of ether oxygens (including phenoxy) is 1. The van der Waals surface area contributed by atoms with Gasteiger partial charge in [-0.3, -0.25) is 4.79 Å². The fourth-order valence-corrected chi connectivity index (χ4v) is 8.67. The van der Waals surface area contributed by atoms with Crippen molar-refractivity contribution in [2.45, 2.75) is 48.5 Å². The maximum absolute atomic E-state index is 13.8. The molecule has 1 spiro atoms. The van der Waals surface area contributed by atoms with Gasteiger partial charge in [0.1, 0.15) is 6.04 Å². The van der Waals surface area contributed by atoms with E-state index in [9.17, 15) is 18.0 Å².